The van der Waals surface area contributed by atoms with E-state index in [2.05, 4.69) is 30.1 Å². The molecule has 0 radical (unpaired) electrons. The maximum absolute atomic E-state index is 12.2. The predicted octanol–water partition coefficient (Wildman–Crippen LogP) is 2.93. The molecule has 0 saturated carbocycles. The van der Waals surface area contributed by atoms with Crippen molar-refractivity contribution in [3.8, 4) is 0 Å². The summed E-state index contributed by atoms with van der Waals surface area (Å²) >= 11 is 0. The second kappa shape index (κ2) is 24.4. The number of rotatable bonds is 15. The topological polar surface area (TPSA) is 216 Å². The van der Waals surface area contributed by atoms with Crippen LogP contribution in [-0.4, -0.2) is 121 Å². The monoisotopic (exact) mass is 686 g/mol. The van der Waals surface area contributed by atoms with E-state index in [4.69, 9.17) is 16.0 Å². The van der Waals surface area contributed by atoms with Gasteiger partial charge in [-0.25, -0.2) is 10.3 Å². The number of hydroxylamine groups is 1. The highest BCUT2D eigenvalue weighted by Gasteiger charge is 2.15. The number of hydrogen-bond donors (Lipinski definition) is 6. The highest BCUT2D eigenvalue weighted by molar-refractivity contribution is 6.05. The smallest absolute Gasteiger partial charge is 0.336 e. The van der Waals surface area contributed by atoms with Gasteiger partial charge in [0.25, 0.3) is 5.91 Å². The molecule has 2 aromatic carbocycles. The number of carboxylic acids is 1. The van der Waals surface area contributed by atoms with Gasteiger partial charge in [0.2, 0.25) is 5.91 Å². The molecule has 7 N–H and O–H groups in total. The number of nitrogens with zero attached hydrogens (tertiary/aromatic N) is 4. The van der Waals surface area contributed by atoms with Crippen LogP contribution >= 0.6 is 0 Å². The number of H-pyrrole nitrogens is 1. The Morgan fingerprint density at radius 2 is 1.61 bits per heavy atom. The normalized spacial score (nSPS) is 10.8. The first-order valence-electron chi connectivity index (χ1n) is 15.2. The van der Waals surface area contributed by atoms with Gasteiger partial charge in [0.15, 0.2) is 0 Å². The largest absolute Gasteiger partial charge is 0.478 e. The van der Waals surface area contributed by atoms with Gasteiger partial charge in [-0.05, 0) is 63.3 Å². The molecule has 1 aromatic heterocycles. The van der Waals surface area contributed by atoms with E-state index in [9.17, 15) is 19.2 Å². The molecule has 0 bridgehead atoms. The summed E-state index contributed by atoms with van der Waals surface area (Å²) in [5, 5.41) is 27.7. The quantitative estimate of drug-likeness (QED) is 0.0776. The average Bonchev–Trinajstić information content (AvgIpc) is 3.75. The number of ether oxygens (including phenoxy) is 1. The molecule has 15 nitrogen and oxygen atoms in total. The molecule has 3 aromatic rings. The van der Waals surface area contributed by atoms with Gasteiger partial charge in [0.05, 0.1) is 36.5 Å². The molecule has 0 spiro atoms. The Kier molecular flexibility index (Phi) is 22.1. The lowest BCUT2D eigenvalue weighted by Gasteiger charge is -2.16. The molecule has 15 heteroatoms. The zero-order valence-electron chi connectivity index (χ0n) is 27.2. The number of aromatic carboxylic acids is 1. The molecule has 272 valence electrons. The summed E-state index contributed by atoms with van der Waals surface area (Å²) in [4.78, 5) is 52.6. The van der Waals surface area contributed by atoms with Crippen molar-refractivity contribution in [2.24, 2.45) is 10.7 Å². The minimum absolute atomic E-state index is 0. The van der Waals surface area contributed by atoms with Crippen LogP contribution in [0.4, 0.5) is 0 Å². The molecule has 0 aliphatic carbocycles. The van der Waals surface area contributed by atoms with Crippen molar-refractivity contribution in [1.29, 1.82) is 0 Å². The van der Waals surface area contributed by atoms with Crippen LogP contribution in [0.1, 0.15) is 72.4 Å². The number of fused-ring (bicyclic) bond motifs is 2. The van der Waals surface area contributed by atoms with Gasteiger partial charge in [-0.3, -0.25) is 29.7 Å². The number of carboxylic acid groups (broad SMARTS) is 1. The summed E-state index contributed by atoms with van der Waals surface area (Å²) in [6.07, 6.45) is 5.64. The molecular formula is C34H54N8O7. The Morgan fingerprint density at radius 1 is 0.959 bits per heavy atom. The number of aromatic nitrogens is 2. The van der Waals surface area contributed by atoms with Crippen LogP contribution in [0, 0.1) is 0 Å². The Balaban J connectivity index is 0.000000754. The first-order valence-corrected chi connectivity index (χ1v) is 15.2. The predicted molar refractivity (Wildman–Crippen MR) is 191 cm³/mol. The number of esters is 1. The Bertz CT molecular complexity index is 1480. The molecule has 2 amide bonds. The van der Waals surface area contributed by atoms with Gasteiger partial charge >= 0.3 is 11.9 Å². The van der Waals surface area contributed by atoms with Crippen LogP contribution in [0.5, 0.6) is 0 Å². The minimum atomic E-state index is -0.877. The third-order valence-corrected chi connectivity index (χ3v) is 7.15. The SMILES string of the molecule is C.C.CN(CCCC(=O)NO)CCNC(=O)c1cccc2cn[nH]c12.COC(=O)CCCN(C)CCN.O=C(O)c1cccc2c1CN=C2. The summed E-state index contributed by atoms with van der Waals surface area (Å²) in [5.74, 6) is -1.55. The van der Waals surface area contributed by atoms with Crippen LogP contribution < -0.4 is 16.5 Å². The number of likely N-dealkylation sites (N-methyl/N-ethyl adjacent to an activating group) is 2. The maximum atomic E-state index is 12.2. The van der Waals surface area contributed by atoms with Crippen molar-refractivity contribution in [1.82, 2.24) is 30.8 Å². The number of amides is 2. The van der Waals surface area contributed by atoms with E-state index in [0.717, 1.165) is 41.5 Å². The summed E-state index contributed by atoms with van der Waals surface area (Å²) < 4.78 is 4.51. The number of benzene rings is 2. The summed E-state index contributed by atoms with van der Waals surface area (Å²) in [5.41, 5.74) is 10.4. The molecule has 2 heterocycles. The molecule has 1 aliphatic heterocycles. The fourth-order valence-corrected chi connectivity index (χ4v) is 4.56. The Labute approximate surface area is 288 Å². The molecule has 1 aliphatic rings. The maximum Gasteiger partial charge on any atom is 0.336 e. The van der Waals surface area contributed by atoms with E-state index in [0.29, 0.717) is 56.7 Å². The zero-order valence-corrected chi connectivity index (χ0v) is 27.2. The molecule has 0 saturated heterocycles. The number of aliphatic imine (C=N–C) groups is 1. The van der Waals surface area contributed by atoms with Crippen molar-refractivity contribution >= 4 is 40.9 Å². The fourth-order valence-electron chi connectivity index (χ4n) is 4.56. The van der Waals surface area contributed by atoms with Crippen molar-refractivity contribution in [2.45, 2.75) is 47.1 Å². The molecule has 4 rings (SSSR count). The molecule has 0 atom stereocenters. The van der Waals surface area contributed by atoms with Gasteiger partial charge in [0.1, 0.15) is 0 Å². The van der Waals surface area contributed by atoms with E-state index in [1.165, 1.54) is 7.11 Å². The lowest BCUT2D eigenvalue weighted by Crippen LogP contribution is -2.33. The molecular weight excluding hydrogens is 632 g/mol. The number of methoxy groups -OCH3 is 1. The lowest BCUT2D eigenvalue weighted by molar-refractivity contribution is -0.140. The van der Waals surface area contributed by atoms with Gasteiger partial charge in [-0.1, -0.05) is 39.1 Å². The van der Waals surface area contributed by atoms with E-state index >= 15 is 0 Å². The number of hydrogen-bond acceptors (Lipinski definition) is 11. The summed E-state index contributed by atoms with van der Waals surface area (Å²) in [6.45, 7) is 4.82. The van der Waals surface area contributed by atoms with Crippen molar-refractivity contribution in [3.05, 3.63) is 64.8 Å². The van der Waals surface area contributed by atoms with Crippen LogP contribution in [0.3, 0.4) is 0 Å². The third-order valence-electron chi connectivity index (χ3n) is 7.15. The van der Waals surface area contributed by atoms with Crippen LogP contribution in [0.15, 0.2) is 47.6 Å². The van der Waals surface area contributed by atoms with Crippen molar-refractivity contribution in [3.63, 3.8) is 0 Å². The van der Waals surface area contributed by atoms with Gasteiger partial charge in [-0.15, -0.1) is 0 Å². The standard InChI is InChI=1S/C15H21N5O3.C9H7NO2.C8H18N2O2.2CH4/c1-20(8-3-6-13(21)19-23)9-7-16-15(22)12-5-2-4-11-10-17-18-14(11)12;11-9(12)7-3-1-2-6-4-10-5-8(6)7;1-10(7-5-9)6-3-4-8(11)12-2;;/h2,4-5,10,23H,3,6-9H2,1H3,(H,16,22)(H,17,18)(H,19,21);1-4H,5H2,(H,11,12);3-7,9H2,1-2H3;2*1H4. The first-order chi connectivity index (χ1) is 22.6. The fraction of sp³-hybridized carbons (Fsp3) is 0.471. The first kappa shape index (κ1) is 44.3. The number of para-hydroxylation sites is 1. The number of carbonyl (C=O) groups excluding carboxylic acids is 3. The number of carbonyl (C=O) groups is 4. The number of nitrogens with one attached hydrogen (secondary N) is 3. The highest BCUT2D eigenvalue weighted by Crippen LogP contribution is 2.19. The van der Waals surface area contributed by atoms with E-state index < -0.39 is 5.97 Å². The summed E-state index contributed by atoms with van der Waals surface area (Å²) in [6, 6.07) is 10.7. The Hall–Kier alpha value is -4.70. The van der Waals surface area contributed by atoms with Gasteiger partial charge in [0, 0.05) is 50.6 Å². The lowest BCUT2D eigenvalue weighted by atomic mass is 10.0. The van der Waals surface area contributed by atoms with Gasteiger partial charge < -0.3 is 30.7 Å². The van der Waals surface area contributed by atoms with Gasteiger partial charge in [-0.2, -0.15) is 5.10 Å². The highest BCUT2D eigenvalue weighted by atomic mass is 16.5. The Morgan fingerprint density at radius 3 is 2.27 bits per heavy atom. The third kappa shape index (κ3) is 15.8. The number of aromatic amines is 1. The van der Waals surface area contributed by atoms with E-state index in [1.54, 1.807) is 36.1 Å². The molecule has 0 unspecified atom stereocenters. The van der Waals surface area contributed by atoms with E-state index in [1.807, 2.05) is 37.2 Å². The van der Waals surface area contributed by atoms with Crippen LogP contribution in [0.25, 0.3) is 10.9 Å². The van der Waals surface area contributed by atoms with Crippen molar-refractivity contribution in [2.75, 3.05) is 60.5 Å². The van der Waals surface area contributed by atoms with Crippen LogP contribution in [-0.2, 0) is 20.9 Å². The second-order valence-electron chi connectivity index (χ2n) is 10.8. The van der Waals surface area contributed by atoms with E-state index in [-0.39, 0.29) is 39.1 Å². The molecule has 0 fully saturated rings. The second-order valence-corrected chi connectivity index (χ2v) is 10.8. The number of nitrogens with two attached hydrogens (primary N) is 1. The van der Waals surface area contributed by atoms with Crippen LogP contribution in [0.2, 0.25) is 0 Å². The molecule has 49 heavy (non-hydrogen) atoms. The van der Waals surface area contributed by atoms with Crippen molar-refractivity contribution < 1.29 is 34.2 Å². The summed E-state index contributed by atoms with van der Waals surface area (Å²) in [7, 11) is 5.31. The zero-order chi connectivity index (χ0) is 34.6. The average molecular weight is 687 g/mol. The minimum Gasteiger partial charge on any atom is -0.478 e.